The zero-order valence-corrected chi connectivity index (χ0v) is 14.0. The molecule has 1 aromatic carbocycles. The van der Waals surface area contributed by atoms with Gasteiger partial charge in [-0.3, -0.25) is 9.59 Å². The summed E-state index contributed by atoms with van der Waals surface area (Å²) in [7, 11) is 0. The molecule has 3 rings (SSSR count). The van der Waals surface area contributed by atoms with Crippen LogP contribution in [0.25, 0.3) is 5.69 Å². The second-order valence-corrected chi connectivity index (χ2v) is 6.21. The van der Waals surface area contributed by atoms with Crippen LogP contribution in [-0.2, 0) is 4.74 Å². The zero-order valence-electron chi connectivity index (χ0n) is 13.3. The molecule has 6 nitrogen and oxygen atoms in total. The lowest BCUT2D eigenvalue weighted by Gasteiger charge is -2.13. The summed E-state index contributed by atoms with van der Waals surface area (Å²) in [5.41, 5.74) is 0.680. The van der Waals surface area contributed by atoms with Gasteiger partial charge in [0.15, 0.2) is 5.69 Å². The third-order valence-corrected chi connectivity index (χ3v) is 4.30. The minimum absolute atomic E-state index is 0.139. The van der Waals surface area contributed by atoms with Gasteiger partial charge in [0.1, 0.15) is 0 Å². The average molecular weight is 348 g/mol. The van der Waals surface area contributed by atoms with E-state index in [4.69, 9.17) is 16.3 Å². The van der Waals surface area contributed by atoms with Crippen molar-refractivity contribution in [2.75, 3.05) is 19.8 Å². The Morgan fingerprint density at radius 3 is 2.96 bits per heavy atom. The number of hydrogen-bond acceptors (Lipinski definition) is 4. The molecule has 1 fully saturated rings. The first kappa shape index (κ1) is 16.7. The molecule has 0 spiro atoms. The van der Waals surface area contributed by atoms with E-state index in [1.165, 1.54) is 10.7 Å². The van der Waals surface area contributed by atoms with Crippen LogP contribution in [0.5, 0.6) is 0 Å². The average Bonchev–Trinajstić information content (AvgIpc) is 3.07. The summed E-state index contributed by atoms with van der Waals surface area (Å²) in [6.45, 7) is 3.56. The van der Waals surface area contributed by atoms with Crippen LogP contribution in [0.2, 0.25) is 5.02 Å². The number of nitrogens with one attached hydrogen (secondary N) is 1. The van der Waals surface area contributed by atoms with Crippen molar-refractivity contribution >= 4 is 17.5 Å². The van der Waals surface area contributed by atoms with Gasteiger partial charge in [-0.05, 0) is 25.5 Å². The number of ether oxygens (including phenoxy) is 1. The van der Waals surface area contributed by atoms with Crippen LogP contribution in [0.4, 0.5) is 0 Å². The third-order valence-electron chi connectivity index (χ3n) is 3.98. The lowest BCUT2D eigenvalue weighted by Crippen LogP contribution is -2.35. The van der Waals surface area contributed by atoms with Gasteiger partial charge in [-0.15, -0.1) is 0 Å². The highest BCUT2D eigenvalue weighted by molar-refractivity contribution is 6.32. The quantitative estimate of drug-likeness (QED) is 0.917. The van der Waals surface area contributed by atoms with Gasteiger partial charge in [0.25, 0.3) is 5.91 Å². The van der Waals surface area contributed by atoms with Crippen LogP contribution in [-0.4, -0.2) is 35.4 Å². The Morgan fingerprint density at radius 1 is 1.46 bits per heavy atom. The standard InChI is InChI=1S/C17H18ClN3O3/c1-11-8-15(22)16(17(23)19-9-12-6-7-24-10-12)20-21(11)14-5-3-2-4-13(14)18/h2-5,8,12H,6-7,9-10H2,1H3,(H,19,23)/t12-/m0/s1. The second-order valence-electron chi connectivity index (χ2n) is 5.80. The number of amides is 1. The van der Waals surface area contributed by atoms with Crippen LogP contribution in [0, 0.1) is 12.8 Å². The summed E-state index contributed by atoms with van der Waals surface area (Å²) in [5, 5.41) is 7.48. The van der Waals surface area contributed by atoms with Crippen molar-refractivity contribution in [3.63, 3.8) is 0 Å². The molecule has 0 saturated carbocycles. The molecule has 2 heterocycles. The van der Waals surface area contributed by atoms with E-state index in [0.29, 0.717) is 36.2 Å². The number of carbonyl (C=O) groups is 1. The number of aryl methyl sites for hydroxylation is 1. The predicted molar refractivity (Wildman–Crippen MR) is 90.8 cm³/mol. The first-order chi connectivity index (χ1) is 11.6. The largest absolute Gasteiger partial charge is 0.381 e. The highest BCUT2D eigenvalue weighted by Gasteiger charge is 2.20. The number of halogens is 1. The van der Waals surface area contributed by atoms with Crippen LogP contribution < -0.4 is 10.7 Å². The van der Waals surface area contributed by atoms with E-state index in [-0.39, 0.29) is 11.6 Å². The zero-order chi connectivity index (χ0) is 17.1. The van der Waals surface area contributed by atoms with Gasteiger partial charge in [-0.1, -0.05) is 23.7 Å². The Morgan fingerprint density at radius 2 is 2.25 bits per heavy atom. The van der Waals surface area contributed by atoms with Gasteiger partial charge in [0, 0.05) is 30.8 Å². The number of nitrogens with zero attached hydrogens (tertiary/aromatic N) is 2. The molecule has 1 atom stereocenters. The third kappa shape index (κ3) is 3.49. The highest BCUT2D eigenvalue weighted by atomic mass is 35.5. The topological polar surface area (TPSA) is 73.2 Å². The second kappa shape index (κ2) is 7.15. The monoisotopic (exact) mass is 347 g/mol. The van der Waals surface area contributed by atoms with Crippen LogP contribution in [0.1, 0.15) is 22.6 Å². The number of para-hydroxylation sites is 1. The van der Waals surface area contributed by atoms with E-state index >= 15 is 0 Å². The molecule has 1 aliphatic heterocycles. The molecule has 2 aromatic rings. The van der Waals surface area contributed by atoms with Gasteiger partial charge < -0.3 is 10.1 Å². The Kier molecular flexibility index (Phi) is 4.97. The van der Waals surface area contributed by atoms with Crippen molar-refractivity contribution in [2.45, 2.75) is 13.3 Å². The number of benzene rings is 1. The van der Waals surface area contributed by atoms with E-state index in [1.54, 1.807) is 25.1 Å². The minimum Gasteiger partial charge on any atom is -0.381 e. The Balaban J connectivity index is 1.88. The van der Waals surface area contributed by atoms with Crippen LogP contribution in [0.3, 0.4) is 0 Å². The summed E-state index contributed by atoms with van der Waals surface area (Å²) >= 11 is 6.20. The first-order valence-electron chi connectivity index (χ1n) is 7.78. The van der Waals surface area contributed by atoms with Crippen molar-refractivity contribution in [1.82, 2.24) is 15.1 Å². The van der Waals surface area contributed by atoms with Gasteiger partial charge >= 0.3 is 0 Å². The molecule has 126 valence electrons. The molecule has 1 amide bonds. The maximum atomic E-state index is 12.3. The molecule has 1 N–H and O–H groups in total. The van der Waals surface area contributed by atoms with E-state index < -0.39 is 11.3 Å². The van der Waals surface area contributed by atoms with Crippen molar-refractivity contribution in [1.29, 1.82) is 0 Å². The molecule has 1 aromatic heterocycles. The molecule has 0 radical (unpaired) electrons. The number of hydrogen-bond donors (Lipinski definition) is 1. The molecule has 0 aliphatic carbocycles. The summed E-state index contributed by atoms with van der Waals surface area (Å²) in [6.07, 6.45) is 0.908. The summed E-state index contributed by atoms with van der Waals surface area (Å²) in [6, 6.07) is 8.53. The van der Waals surface area contributed by atoms with Crippen molar-refractivity contribution in [3.8, 4) is 5.69 Å². The van der Waals surface area contributed by atoms with Crippen molar-refractivity contribution in [2.24, 2.45) is 5.92 Å². The van der Waals surface area contributed by atoms with Gasteiger partial charge in [-0.25, -0.2) is 4.68 Å². The van der Waals surface area contributed by atoms with E-state index in [9.17, 15) is 9.59 Å². The van der Waals surface area contributed by atoms with Gasteiger partial charge in [0.2, 0.25) is 5.43 Å². The summed E-state index contributed by atoms with van der Waals surface area (Å²) < 4.78 is 6.79. The molecular weight excluding hydrogens is 330 g/mol. The lowest BCUT2D eigenvalue weighted by molar-refractivity contribution is 0.0937. The summed E-state index contributed by atoms with van der Waals surface area (Å²) in [5.74, 6) is -0.196. The number of rotatable bonds is 4. The van der Waals surface area contributed by atoms with Crippen molar-refractivity contribution in [3.05, 3.63) is 57.0 Å². The molecule has 1 aliphatic rings. The van der Waals surface area contributed by atoms with E-state index in [0.717, 1.165) is 6.42 Å². The normalized spacial score (nSPS) is 17.0. The fourth-order valence-corrected chi connectivity index (χ4v) is 2.85. The summed E-state index contributed by atoms with van der Waals surface area (Å²) in [4.78, 5) is 24.5. The van der Waals surface area contributed by atoms with E-state index in [1.807, 2.05) is 6.07 Å². The lowest BCUT2D eigenvalue weighted by atomic mass is 10.1. The van der Waals surface area contributed by atoms with Crippen LogP contribution in [0.15, 0.2) is 35.1 Å². The Bertz CT molecular complexity index is 813. The first-order valence-corrected chi connectivity index (χ1v) is 8.16. The molecular formula is C17H18ClN3O3. The predicted octanol–water partition coefficient (Wildman–Crippen LogP) is 1.96. The van der Waals surface area contributed by atoms with Gasteiger partial charge in [0.05, 0.1) is 17.3 Å². The maximum Gasteiger partial charge on any atom is 0.275 e. The SMILES string of the molecule is Cc1cc(=O)c(C(=O)NC[C@@H]2CCOC2)nn1-c1ccccc1Cl. The fourth-order valence-electron chi connectivity index (χ4n) is 2.64. The molecule has 0 bridgehead atoms. The number of aromatic nitrogens is 2. The molecule has 0 unspecified atom stereocenters. The minimum atomic E-state index is -0.479. The molecule has 24 heavy (non-hydrogen) atoms. The maximum absolute atomic E-state index is 12.3. The van der Waals surface area contributed by atoms with Crippen LogP contribution >= 0.6 is 11.6 Å². The van der Waals surface area contributed by atoms with Crippen molar-refractivity contribution < 1.29 is 9.53 Å². The smallest absolute Gasteiger partial charge is 0.275 e. The Labute approximate surface area is 144 Å². The van der Waals surface area contributed by atoms with Gasteiger partial charge in [-0.2, -0.15) is 5.10 Å². The Hall–Kier alpha value is -2.18. The van der Waals surface area contributed by atoms with E-state index in [2.05, 4.69) is 10.4 Å². The molecule has 7 heteroatoms. The number of carbonyl (C=O) groups excluding carboxylic acids is 1. The fraction of sp³-hybridized carbons (Fsp3) is 0.353. The molecule has 1 saturated heterocycles. The highest BCUT2D eigenvalue weighted by Crippen LogP contribution is 2.19.